The minimum absolute atomic E-state index is 0.523. The molecule has 3 aromatic rings. The van der Waals surface area contributed by atoms with Gasteiger partial charge in [-0.15, -0.1) is 0 Å². The third-order valence-electron chi connectivity index (χ3n) is 3.09. The van der Waals surface area contributed by atoms with E-state index in [4.69, 9.17) is 10.5 Å². The standard InChI is InChI=1S/C17H15NO/c18-12-13-4-3-7-16(10-13)19-17-9-8-14-5-1-2-6-15(14)11-17/h1-11H,12,18H2. The molecule has 0 heterocycles. The third-order valence-corrected chi connectivity index (χ3v) is 3.09. The van der Waals surface area contributed by atoms with Gasteiger partial charge in [0.2, 0.25) is 0 Å². The third kappa shape index (κ3) is 2.59. The second-order valence-corrected chi connectivity index (χ2v) is 4.46. The van der Waals surface area contributed by atoms with E-state index in [0.29, 0.717) is 6.54 Å². The molecule has 0 saturated heterocycles. The van der Waals surface area contributed by atoms with Gasteiger partial charge in [-0.05, 0) is 40.6 Å². The molecule has 0 aliphatic rings. The number of hydrogen-bond acceptors (Lipinski definition) is 2. The zero-order chi connectivity index (χ0) is 13.1. The van der Waals surface area contributed by atoms with E-state index in [1.165, 1.54) is 10.8 Å². The summed E-state index contributed by atoms with van der Waals surface area (Å²) in [6, 6.07) is 22.2. The Morgan fingerprint density at radius 3 is 2.37 bits per heavy atom. The number of nitrogens with two attached hydrogens (primary N) is 1. The first-order chi connectivity index (χ1) is 9.35. The Balaban J connectivity index is 1.92. The van der Waals surface area contributed by atoms with Gasteiger partial charge in [0.15, 0.2) is 0 Å². The van der Waals surface area contributed by atoms with Crippen molar-refractivity contribution in [3.05, 3.63) is 72.3 Å². The summed E-state index contributed by atoms with van der Waals surface area (Å²) in [5.41, 5.74) is 6.70. The number of fused-ring (bicyclic) bond motifs is 1. The molecule has 0 aliphatic carbocycles. The lowest BCUT2D eigenvalue weighted by Gasteiger charge is -2.08. The molecule has 0 spiro atoms. The molecule has 3 aromatic carbocycles. The molecule has 0 aromatic heterocycles. The lowest BCUT2D eigenvalue weighted by molar-refractivity contribution is 0.483. The van der Waals surface area contributed by atoms with Crippen LogP contribution in [-0.2, 0) is 6.54 Å². The van der Waals surface area contributed by atoms with Crippen LogP contribution < -0.4 is 10.5 Å². The van der Waals surface area contributed by atoms with E-state index >= 15 is 0 Å². The highest BCUT2D eigenvalue weighted by molar-refractivity contribution is 5.83. The molecule has 2 N–H and O–H groups in total. The summed E-state index contributed by atoms with van der Waals surface area (Å²) in [5, 5.41) is 2.39. The topological polar surface area (TPSA) is 35.2 Å². The van der Waals surface area contributed by atoms with Crippen LogP contribution in [0.25, 0.3) is 10.8 Å². The summed E-state index contributed by atoms with van der Waals surface area (Å²) < 4.78 is 5.87. The predicted molar refractivity (Wildman–Crippen MR) is 78.4 cm³/mol. The average molecular weight is 249 g/mol. The van der Waals surface area contributed by atoms with Crippen molar-refractivity contribution in [2.24, 2.45) is 5.73 Å². The van der Waals surface area contributed by atoms with Crippen LogP contribution >= 0.6 is 0 Å². The van der Waals surface area contributed by atoms with Crippen molar-refractivity contribution in [3.8, 4) is 11.5 Å². The van der Waals surface area contributed by atoms with Crippen molar-refractivity contribution in [2.75, 3.05) is 0 Å². The van der Waals surface area contributed by atoms with Gasteiger partial charge in [0.05, 0.1) is 0 Å². The highest BCUT2D eigenvalue weighted by Crippen LogP contribution is 2.26. The highest BCUT2D eigenvalue weighted by Gasteiger charge is 2.00. The molecular formula is C17H15NO. The molecule has 0 amide bonds. The smallest absolute Gasteiger partial charge is 0.128 e. The predicted octanol–water partition coefficient (Wildman–Crippen LogP) is 4.09. The zero-order valence-electron chi connectivity index (χ0n) is 10.5. The second-order valence-electron chi connectivity index (χ2n) is 4.46. The van der Waals surface area contributed by atoms with Crippen LogP contribution in [0.1, 0.15) is 5.56 Å². The van der Waals surface area contributed by atoms with Gasteiger partial charge in [-0.1, -0.05) is 42.5 Å². The Morgan fingerprint density at radius 1 is 0.737 bits per heavy atom. The number of ether oxygens (including phenoxy) is 1. The molecule has 0 bridgehead atoms. The van der Waals surface area contributed by atoms with Crippen molar-refractivity contribution < 1.29 is 4.74 Å². The minimum atomic E-state index is 0.523. The minimum Gasteiger partial charge on any atom is -0.457 e. The molecule has 0 unspecified atom stereocenters. The van der Waals surface area contributed by atoms with Crippen LogP contribution in [0.4, 0.5) is 0 Å². The van der Waals surface area contributed by atoms with Crippen molar-refractivity contribution >= 4 is 10.8 Å². The molecule has 19 heavy (non-hydrogen) atoms. The molecule has 0 saturated carbocycles. The van der Waals surface area contributed by atoms with E-state index in [2.05, 4.69) is 18.2 Å². The fourth-order valence-corrected chi connectivity index (χ4v) is 2.10. The van der Waals surface area contributed by atoms with Crippen molar-refractivity contribution in [1.82, 2.24) is 0 Å². The van der Waals surface area contributed by atoms with Crippen LogP contribution in [0.15, 0.2) is 66.7 Å². The summed E-state index contributed by atoms with van der Waals surface area (Å²) in [5.74, 6) is 1.66. The van der Waals surface area contributed by atoms with Gasteiger partial charge in [0.25, 0.3) is 0 Å². The van der Waals surface area contributed by atoms with Gasteiger partial charge in [-0.25, -0.2) is 0 Å². The maximum absolute atomic E-state index is 5.87. The Hall–Kier alpha value is -2.32. The van der Waals surface area contributed by atoms with Crippen molar-refractivity contribution in [1.29, 1.82) is 0 Å². The van der Waals surface area contributed by atoms with Gasteiger partial charge < -0.3 is 10.5 Å². The Kier molecular flexibility index (Phi) is 3.17. The fourth-order valence-electron chi connectivity index (χ4n) is 2.10. The number of rotatable bonds is 3. The van der Waals surface area contributed by atoms with E-state index in [-0.39, 0.29) is 0 Å². The first-order valence-electron chi connectivity index (χ1n) is 6.31. The Labute approximate surface area is 112 Å². The van der Waals surface area contributed by atoms with E-state index in [1.54, 1.807) is 0 Å². The van der Waals surface area contributed by atoms with Gasteiger partial charge in [-0.3, -0.25) is 0 Å². The first kappa shape index (κ1) is 11.8. The van der Waals surface area contributed by atoms with Crippen LogP contribution in [0, 0.1) is 0 Å². The highest BCUT2D eigenvalue weighted by atomic mass is 16.5. The quantitative estimate of drug-likeness (QED) is 0.758. The monoisotopic (exact) mass is 249 g/mol. The second kappa shape index (κ2) is 5.12. The largest absolute Gasteiger partial charge is 0.457 e. The SMILES string of the molecule is NCc1cccc(Oc2ccc3ccccc3c2)c1. The molecule has 94 valence electrons. The summed E-state index contributed by atoms with van der Waals surface area (Å²) in [6.07, 6.45) is 0. The maximum Gasteiger partial charge on any atom is 0.128 e. The fraction of sp³-hybridized carbons (Fsp3) is 0.0588. The first-order valence-corrected chi connectivity index (χ1v) is 6.31. The maximum atomic E-state index is 5.87. The van der Waals surface area contributed by atoms with Crippen LogP contribution in [0.2, 0.25) is 0 Å². The Morgan fingerprint density at radius 2 is 1.53 bits per heavy atom. The van der Waals surface area contributed by atoms with E-state index in [0.717, 1.165) is 17.1 Å². The van der Waals surface area contributed by atoms with E-state index in [1.807, 2.05) is 48.5 Å². The molecule has 0 atom stereocenters. The molecule has 0 radical (unpaired) electrons. The molecule has 3 rings (SSSR count). The molecule has 0 fully saturated rings. The molecule has 2 heteroatoms. The summed E-state index contributed by atoms with van der Waals surface area (Å²) in [6.45, 7) is 0.523. The Bertz CT molecular complexity index is 706. The zero-order valence-corrected chi connectivity index (χ0v) is 10.5. The summed E-state index contributed by atoms with van der Waals surface area (Å²) >= 11 is 0. The van der Waals surface area contributed by atoms with E-state index in [9.17, 15) is 0 Å². The summed E-state index contributed by atoms with van der Waals surface area (Å²) in [4.78, 5) is 0. The van der Waals surface area contributed by atoms with Crippen molar-refractivity contribution in [2.45, 2.75) is 6.54 Å². The normalized spacial score (nSPS) is 10.6. The molecule has 0 aliphatic heterocycles. The van der Waals surface area contributed by atoms with Crippen LogP contribution in [-0.4, -0.2) is 0 Å². The van der Waals surface area contributed by atoms with Crippen LogP contribution in [0.5, 0.6) is 11.5 Å². The lowest BCUT2D eigenvalue weighted by Crippen LogP contribution is -1.96. The van der Waals surface area contributed by atoms with Gasteiger partial charge >= 0.3 is 0 Å². The van der Waals surface area contributed by atoms with Gasteiger partial charge in [-0.2, -0.15) is 0 Å². The van der Waals surface area contributed by atoms with Crippen molar-refractivity contribution in [3.63, 3.8) is 0 Å². The number of benzene rings is 3. The van der Waals surface area contributed by atoms with Crippen LogP contribution in [0.3, 0.4) is 0 Å². The van der Waals surface area contributed by atoms with E-state index < -0.39 is 0 Å². The molecular weight excluding hydrogens is 234 g/mol. The summed E-state index contributed by atoms with van der Waals surface area (Å²) in [7, 11) is 0. The number of hydrogen-bond donors (Lipinski definition) is 1. The average Bonchev–Trinajstić information content (AvgIpc) is 2.47. The van der Waals surface area contributed by atoms with Gasteiger partial charge in [0, 0.05) is 6.54 Å². The molecule has 2 nitrogen and oxygen atoms in total. The lowest BCUT2D eigenvalue weighted by atomic mass is 10.1. The van der Waals surface area contributed by atoms with Gasteiger partial charge in [0.1, 0.15) is 11.5 Å².